The molecule has 1 heteroatoms. The Hall–Kier alpha value is -1.24. The van der Waals surface area contributed by atoms with Gasteiger partial charge in [-0.1, -0.05) is 30.4 Å². The van der Waals surface area contributed by atoms with Crippen molar-refractivity contribution < 1.29 is 0 Å². The van der Waals surface area contributed by atoms with E-state index in [4.69, 9.17) is 0 Å². The second kappa shape index (κ2) is 3.25. The molecule has 0 unspecified atom stereocenters. The second-order valence-corrected chi connectivity index (χ2v) is 3.71. The molecule has 0 saturated heterocycles. The Labute approximate surface area is 79.7 Å². The quantitative estimate of drug-likeness (QED) is 0.631. The van der Waals surface area contributed by atoms with Crippen LogP contribution >= 0.6 is 0 Å². The van der Waals surface area contributed by atoms with Crippen LogP contribution in [0.1, 0.15) is 19.4 Å². The third-order valence-electron chi connectivity index (χ3n) is 2.47. The van der Waals surface area contributed by atoms with Crippen molar-refractivity contribution in [1.29, 1.82) is 0 Å². The number of para-hydroxylation sites is 1. The molecule has 0 radical (unpaired) electrons. The molecule has 1 aromatic carbocycles. The SMILES string of the molecule is CC(C)N1CC=Cc2ccccc21. The minimum Gasteiger partial charge on any atom is -0.365 e. The zero-order chi connectivity index (χ0) is 9.26. The van der Waals surface area contributed by atoms with Crippen LogP contribution in [0, 0.1) is 0 Å². The van der Waals surface area contributed by atoms with Crippen molar-refractivity contribution >= 4 is 11.8 Å². The van der Waals surface area contributed by atoms with Crippen LogP contribution < -0.4 is 4.90 Å². The maximum Gasteiger partial charge on any atom is 0.0444 e. The molecule has 0 saturated carbocycles. The van der Waals surface area contributed by atoms with Gasteiger partial charge >= 0.3 is 0 Å². The van der Waals surface area contributed by atoms with Gasteiger partial charge in [-0.3, -0.25) is 0 Å². The van der Waals surface area contributed by atoms with Crippen molar-refractivity contribution in [2.45, 2.75) is 19.9 Å². The Morgan fingerprint density at radius 3 is 2.77 bits per heavy atom. The predicted octanol–water partition coefficient (Wildman–Crippen LogP) is 2.93. The lowest BCUT2D eigenvalue weighted by atomic mass is 10.1. The normalized spacial score (nSPS) is 14.8. The first-order chi connectivity index (χ1) is 6.29. The molecule has 0 spiro atoms. The predicted molar refractivity (Wildman–Crippen MR) is 58.0 cm³/mol. The van der Waals surface area contributed by atoms with Gasteiger partial charge in [0.2, 0.25) is 0 Å². The third kappa shape index (κ3) is 1.46. The summed E-state index contributed by atoms with van der Waals surface area (Å²) in [7, 11) is 0. The van der Waals surface area contributed by atoms with Crippen molar-refractivity contribution in [3.63, 3.8) is 0 Å². The summed E-state index contributed by atoms with van der Waals surface area (Å²) >= 11 is 0. The van der Waals surface area contributed by atoms with Crippen LogP contribution in [-0.4, -0.2) is 12.6 Å². The molecule has 1 aromatic rings. The smallest absolute Gasteiger partial charge is 0.0444 e. The van der Waals surface area contributed by atoms with Crippen LogP contribution in [0.2, 0.25) is 0 Å². The van der Waals surface area contributed by atoms with E-state index in [1.165, 1.54) is 11.3 Å². The first-order valence-corrected chi connectivity index (χ1v) is 4.81. The lowest BCUT2D eigenvalue weighted by Gasteiger charge is -2.31. The fraction of sp³-hybridized carbons (Fsp3) is 0.333. The Kier molecular flexibility index (Phi) is 2.09. The summed E-state index contributed by atoms with van der Waals surface area (Å²) in [4.78, 5) is 2.41. The molecular formula is C12H15N. The molecule has 1 heterocycles. The summed E-state index contributed by atoms with van der Waals surface area (Å²) in [5.74, 6) is 0. The molecule has 0 fully saturated rings. The molecule has 0 amide bonds. The third-order valence-corrected chi connectivity index (χ3v) is 2.47. The highest BCUT2D eigenvalue weighted by molar-refractivity contribution is 5.71. The molecule has 1 aliphatic rings. The first-order valence-electron chi connectivity index (χ1n) is 4.81. The van der Waals surface area contributed by atoms with Crippen molar-refractivity contribution in [3.05, 3.63) is 35.9 Å². The highest BCUT2D eigenvalue weighted by Gasteiger charge is 2.14. The zero-order valence-electron chi connectivity index (χ0n) is 8.20. The van der Waals surface area contributed by atoms with E-state index in [9.17, 15) is 0 Å². The Morgan fingerprint density at radius 1 is 1.23 bits per heavy atom. The fourth-order valence-corrected chi connectivity index (χ4v) is 1.77. The van der Waals surface area contributed by atoms with Crippen molar-refractivity contribution in [3.8, 4) is 0 Å². The lowest BCUT2D eigenvalue weighted by molar-refractivity contribution is 0.720. The summed E-state index contributed by atoms with van der Waals surface area (Å²) in [6, 6.07) is 9.13. The van der Waals surface area contributed by atoms with E-state index in [0.29, 0.717) is 6.04 Å². The standard InChI is InChI=1S/C12H15N/c1-10(2)13-9-5-7-11-6-3-4-8-12(11)13/h3-8,10H,9H2,1-2H3. The largest absolute Gasteiger partial charge is 0.365 e. The van der Waals surface area contributed by atoms with Gasteiger partial charge in [0.1, 0.15) is 0 Å². The summed E-state index contributed by atoms with van der Waals surface area (Å²) in [5, 5.41) is 0. The van der Waals surface area contributed by atoms with E-state index in [2.05, 4.69) is 55.2 Å². The Bertz CT molecular complexity index is 326. The van der Waals surface area contributed by atoms with Gasteiger partial charge in [0, 0.05) is 18.3 Å². The molecule has 0 aliphatic carbocycles. The van der Waals surface area contributed by atoms with Crippen molar-refractivity contribution in [2.24, 2.45) is 0 Å². The van der Waals surface area contributed by atoms with Crippen molar-refractivity contribution in [1.82, 2.24) is 0 Å². The number of hydrogen-bond acceptors (Lipinski definition) is 1. The minimum absolute atomic E-state index is 0.575. The van der Waals surface area contributed by atoms with Crippen LogP contribution in [-0.2, 0) is 0 Å². The van der Waals surface area contributed by atoms with E-state index in [-0.39, 0.29) is 0 Å². The van der Waals surface area contributed by atoms with Gasteiger partial charge in [-0.15, -0.1) is 0 Å². The molecular weight excluding hydrogens is 158 g/mol. The fourth-order valence-electron chi connectivity index (χ4n) is 1.77. The van der Waals surface area contributed by atoms with Crippen LogP contribution in [0.25, 0.3) is 6.08 Å². The van der Waals surface area contributed by atoms with Crippen LogP contribution in [0.4, 0.5) is 5.69 Å². The highest BCUT2D eigenvalue weighted by atomic mass is 15.2. The number of hydrogen-bond donors (Lipinski definition) is 0. The second-order valence-electron chi connectivity index (χ2n) is 3.71. The monoisotopic (exact) mass is 173 g/mol. The van der Waals surface area contributed by atoms with E-state index < -0.39 is 0 Å². The van der Waals surface area contributed by atoms with Gasteiger partial charge in [0.05, 0.1) is 0 Å². The summed E-state index contributed by atoms with van der Waals surface area (Å²) < 4.78 is 0. The first kappa shape index (κ1) is 8.36. The number of anilines is 1. The van der Waals surface area contributed by atoms with Crippen LogP contribution in [0.15, 0.2) is 30.3 Å². The average Bonchev–Trinajstić information content (AvgIpc) is 2.17. The minimum atomic E-state index is 0.575. The molecule has 1 nitrogen and oxygen atoms in total. The summed E-state index contributed by atoms with van der Waals surface area (Å²) in [6.07, 6.45) is 4.43. The number of fused-ring (bicyclic) bond motifs is 1. The van der Waals surface area contributed by atoms with E-state index >= 15 is 0 Å². The van der Waals surface area contributed by atoms with E-state index in [1.54, 1.807) is 0 Å². The molecule has 68 valence electrons. The number of rotatable bonds is 1. The van der Waals surface area contributed by atoms with E-state index in [1.807, 2.05) is 0 Å². The number of benzene rings is 1. The number of nitrogens with zero attached hydrogens (tertiary/aromatic N) is 1. The average molecular weight is 173 g/mol. The molecule has 2 rings (SSSR count). The van der Waals surface area contributed by atoms with Crippen LogP contribution in [0.3, 0.4) is 0 Å². The lowest BCUT2D eigenvalue weighted by Crippen LogP contribution is -2.32. The summed E-state index contributed by atoms with van der Waals surface area (Å²) in [6.45, 7) is 5.50. The van der Waals surface area contributed by atoms with Crippen molar-refractivity contribution in [2.75, 3.05) is 11.4 Å². The van der Waals surface area contributed by atoms with Gasteiger partial charge in [-0.2, -0.15) is 0 Å². The molecule has 0 atom stereocenters. The Balaban J connectivity index is 2.43. The maximum atomic E-state index is 2.41. The maximum absolute atomic E-state index is 2.41. The van der Waals surface area contributed by atoms with Crippen LogP contribution in [0.5, 0.6) is 0 Å². The zero-order valence-corrected chi connectivity index (χ0v) is 8.20. The summed E-state index contributed by atoms with van der Waals surface area (Å²) in [5.41, 5.74) is 2.70. The highest BCUT2D eigenvalue weighted by Crippen LogP contribution is 2.26. The molecule has 1 aliphatic heterocycles. The van der Waals surface area contributed by atoms with Gasteiger partial charge in [-0.25, -0.2) is 0 Å². The van der Waals surface area contributed by atoms with Gasteiger partial charge in [0.25, 0.3) is 0 Å². The molecule has 0 N–H and O–H groups in total. The Morgan fingerprint density at radius 2 is 2.00 bits per heavy atom. The van der Waals surface area contributed by atoms with Gasteiger partial charge in [-0.05, 0) is 25.5 Å². The van der Waals surface area contributed by atoms with Gasteiger partial charge in [0.15, 0.2) is 0 Å². The molecule has 0 bridgehead atoms. The van der Waals surface area contributed by atoms with E-state index in [0.717, 1.165) is 6.54 Å². The topological polar surface area (TPSA) is 3.24 Å². The molecule has 13 heavy (non-hydrogen) atoms. The van der Waals surface area contributed by atoms with Gasteiger partial charge < -0.3 is 4.90 Å². The molecule has 0 aromatic heterocycles.